The molecule has 0 atom stereocenters. The number of nitrogens with zero attached hydrogens (tertiary/aromatic N) is 3. The van der Waals surface area contributed by atoms with Gasteiger partial charge in [0.1, 0.15) is 23.4 Å². The number of carbonyl (C=O) groups is 1. The van der Waals surface area contributed by atoms with Crippen molar-refractivity contribution in [2.24, 2.45) is 7.05 Å². The Morgan fingerprint density at radius 2 is 1.95 bits per heavy atom. The fourth-order valence-corrected chi connectivity index (χ4v) is 2.57. The third kappa shape index (κ3) is 3.27. The van der Waals surface area contributed by atoms with Gasteiger partial charge in [-0.3, -0.25) is 4.79 Å². The molecule has 3 rings (SSSR count). The average molecular weight is 303 g/mol. The molecule has 1 amide bonds. The summed E-state index contributed by atoms with van der Waals surface area (Å²) < 4.78 is 20.4. The van der Waals surface area contributed by atoms with E-state index < -0.39 is 0 Å². The Morgan fingerprint density at radius 1 is 1.27 bits per heavy atom. The van der Waals surface area contributed by atoms with Gasteiger partial charge in [0.05, 0.1) is 6.33 Å². The number of aryl methyl sites for hydroxylation is 1. The summed E-state index contributed by atoms with van der Waals surface area (Å²) in [6, 6.07) is 6.02. The van der Waals surface area contributed by atoms with Crippen LogP contribution in [0, 0.1) is 5.82 Å². The number of hydrogen-bond acceptors (Lipinski definition) is 3. The first kappa shape index (κ1) is 14.6. The Labute approximate surface area is 128 Å². The molecule has 22 heavy (non-hydrogen) atoms. The van der Waals surface area contributed by atoms with Crippen LogP contribution in [0.4, 0.5) is 4.39 Å². The highest BCUT2D eigenvalue weighted by Gasteiger charge is 2.25. The van der Waals surface area contributed by atoms with Crippen LogP contribution in [0.1, 0.15) is 23.3 Å². The van der Waals surface area contributed by atoms with Crippen LogP contribution in [0.25, 0.3) is 0 Å². The fraction of sp³-hybridized carbons (Fsp3) is 0.375. The second-order valence-corrected chi connectivity index (χ2v) is 5.49. The molecule has 0 radical (unpaired) electrons. The number of amides is 1. The lowest BCUT2D eigenvalue weighted by Gasteiger charge is -2.31. The lowest BCUT2D eigenvalue weighted by molar-refractivity contribution is 0.0590. The number of piperidine rings is 1. The van der Waals surface area contributed by atoms with Gasteiger partial charge in [-0.2, -0.15) is 0 Å². The molecule has 1 aliphatic rings. The van der Waals surface area contributed by atoms with Crippen molar-refractivity contribution in [1.29, 1.82) is 0 Å². The molecule has 0 aliphatic carbocycles. The first-order valence-corrected chi connectivity index (χ1v) is 7.31. The molecule has 0 spiro atoms. The van der Waals surface area contributed by atoms with E-state index in [1.165, 1.54) is 12.1 Å². The van der Waals surface area contributed by atoms with E-state index in [0.717, 1.165) is 12.8 Å². The maximum absolute atomic E-state index is 12.9. The van der Waals surface area contributed by atoms with Gasteiger partial charge in [0.25, 0.3) is 5.91 Å². The number of aromatic nitrogens is 2. The van der Waals surface area contributed by atoms with Crippen LogP contribution in [0.15, 0.2) is 36.8 Å². The predicted octanol–water partition coefficient (Wildman–Crippen LogP) is 2.24. The predicted molar refractivity (Wildman–Crippen MR) is 79.2 cm³/mol. The Bertz CT molecular complexity index is 646. The minimum absolute atomic E-state index is 0.0409. The van der Waals surface area contributed by atoms with Crippen LogP contribution in [0.3, 0.4) is 0 Å². The van der Waals surface area contributed by atoms with Crippen LogP contribution < -0.4 is 4.74 Å². The van der Waals surface area contributed by atoms with Crippen LogP contribution in [-0.4, -0.2) is 39.6 Å². The van der Waals surface area contributed by atoms with Crippen LogP contribution in [0.2, 0.25) is 0 Å². The number of carbonyl (C=O) groups excluding carboxylic acids is 1. The molecule has 1 aromatic heterocycles. The molecule has 2 aromatic rings. The van der Waals surface area contributed by atoms with Crippen molar-refractivity contribution >= 4 is 5.91 Å². The zero-order valence-corrected chi connectivity index (χ0v) is 12.4. The zero-order chi connectivity index (χ0) is 15.5. The normalized spacial score (nSPS) is 15.8. The maximum Gasteiger partial charge on any atom is 0.274 e. The van der Waals surface area contributed by atoms with Crippen molar-refractivity contribution in [1.82, 2.24) is 14.5 Å². The summed E-state index contributed by atoms with van der Waals surface area (Å²) in [5, 5.41) is 0. The molecule has 116 valence electrons. The van der Waals surface area contributed by atoms with Crippen molar-refractivity contribution in [2.45, 2.75) is 18.9 Å². The molecule has 0 saturated carbocycles. The molecule has 5 nitrogen and oxygen atoms in total. The summed E-state index contributed by atoms with van der Waals surface area (Å²) in [6.07, 6.45) is 4.92. The molecule has 1 fully saturated rings. The summed E-state index contributed by atoms with van der Waals surface area (Å²) >= 11 is 0. The average Bonchev–Trinajstić information content (AvgIpc) is 2.96. The molecule has 0 bridgehead atoms. The SMILES string of the molecule is Cn1cnc(C(=O)N2CCC(Oc3ccc(F)cc3)CC2)c1. The van der Waals surface area contributed by atoms with Crippen molar-refractivity contribution in [3.8, 4) is 5.75 Å². The number of benzene rings is 1. The number of halogens is 1. The monoisotopic (exact) mass is 303 g/mol. The Kier molecular flexibility index (Phi) is 4.09. The summed E-state index contributed by atoms with van der Waals surface area (Å²) in [7, 11) is 1.84. The number of hydrogen-bond donors (Lipinski definition) is 0. The van der Waals surface area contributed by atoms with Crippen molar-refractivity contribution in [2.75, 3.05) is 13.1 Å². The van der Waals surface area contributed by atoms with E-state index in [0.29, 0.717) is 24.5 Å². The molecule has 0 unspecified atom stereocenters. The van der Waals surface area contributed by atoms with E-state index in [1.807, 2.05) is 7.05 Å². The molecule has 1 aromatic carbocycles. The summed E-state index contributed by atoms with van der Waals surface area (Å²) in [4.78, 5) is 18.2. The van der Waals surface area contributed by atoms with Gasteiger partial charge >= 0.3 is 0 Å². The van der Waals surface area contributed by atoms with Gasteiger partial charge < -0.3 is 14.2 Å². The standard InChI is InChI=1S/C16H18FN3O2/c1-19-10-15(18-11-19)16(21)20-8-6-14(7-9-20)22-13-4-2-12(17)3-5-13/h2-5,10-11,14H,6-9H2,1H3. The highest BCUT2D eigenvalue weighted by molar-refractivity contribution is 5.92. The van der Waals surface area contributed by atoms with Gasteiger partial charge in [-0.15, -0.1) is 0 Å². The van der Waals surface area contributed by atoms with Crippen molar-refractivity contribution in [3.05, 3.63) is 48.3 Å². The van der Waals surface area contributed by atoms with E-state index in [2.05, 4.69) is 4.98 Å². The Morgan fingerprint density at radius 3 is 2.55 bits per heavy atom. The van der Waals surface area contributed by atoms with E-state index in [4.69, 9.17) is 4.74 Å². The summed E-state index contributed by atoms with van der Waals surface area (Å²) in [5.74, 6) is 0.347. The summed E-state index contributed by atoms with van der Waals surface area (Å²) in [6.45, 7) is 1.28. The third-order valence-electron chi connectivity index (χ3n) is 3.77. The molecule has 2 heterocycles. The molecule has 0 N–H and O–H groups in total. The topological polar surface area (TPSA) is 47.4 Å². The highest BCUT2D eigenvalue weighted by atomic mass is 19.1. The number of imidazole rings is 1. The van der Waals surface area contributed by atoms with Gasteiger partial charge in [0.15, 0.2) is 0 Å². The van der Waals surface area contributed by atoms with E-state index in [-0.39, 0.29) is 17.8 Å². The Balaban J connectivity index is 1.54. The highest BCUT2D eigenvalue weighted by Crippen LogP contribution is 2.20. The molecule has 6 heteroatoms. The zero-order valence-electron chi connectivity index (χ0n) is 12.4. The minimum Gasteiger partial charge on any atom is -0.490 e. The van der Waals surface area contributed by atoms with Crippen LogP contribution in [0.5, 0.6) is 5.75 Å². The van der Waals surface area contributed by atoms with E-state index in [1.54, 1.807) is 34.1 Å². The quantitative estimate of drug-likeness (QED) is 0.873. The molecule has 1 aliphatic heterocycles. The molecule has 1 saturated heterocycles. The van der Waals surface area contributed by atoms with Crippen LogP contribution >= 0.6 is 0 Å². The number of ether oxygens (including phenoxy) is 1. The van der Waals surface area contributed by atoms with E-state index in [9.17, 15) is 9.18 Å². The number of likely N-dealkylation sites (tertiary alicyclic amines) is 1. The second-order valence-electron chi connectivity index (χ2n) is 5.49. The smallest absolute Gasteiger partial charge is 0.274 e. The fourth-order valence-electron chi connectivity index (χ4n) is 2.57. The van der Waals surface area contributed by atoms with Crippen LogP contribution in [-0.2, 0) is 7.05 Å². The van der Waals surface area contributed by atoms with E-state index >= 15 is 0 Å². The van der Waals surface area contributed by atoms with Gasteiger partial charge in [-0.25, -0.2) is 9.37 Å². The minimum atomic E-state index is -0.275. The lowest BCUT2D eigenvalue weighted by Crippen LogP contribution is -2.41. The molecular weight excluding hydrogens is 285 g/mol. The maximum atomic E-state index is 12.9. The van der Waals surface area contributed by atoms with Gasteiger partial charge in [-0.05, 0) is 24.3 Å². The first-order chi connectivity index (χ1) is 10.6. The van der Waals surface area contributed by atoms with Gasteiger partial charge in [0.2, 0.25) is 0 Å². The van der Waals surface area contributed by atoms with Crippen molar-refractivity contribution < 1.29 is 13.9 Å². The second kappa shape index (κ2) is 6.17. The van der Waals surface area contributed by atoms with Gasteiger partial charge in [-0.1, -0.05) is 0 Å². The largest absolute Gasteiger partial charge is 0.490 e. The van der Waals surface area contributed by atoms with Gasteiger partial charge in [0, 0.05) is 39.2 Å². The van der Waals surface area contributed by atoms with Crippen molar-refractivity contribution in [3.63, 3.8) is 0 Å². The molecular formula is C16H18FN3O2. The lowest BCUT2D eigenvalue weighted by atomic mass is 10.1. The summed E-state index contributed by atoms with van der Waals surface area (Å²) in [5.41, 5.74) is 0.473. The third-order valence-corrected chi connectivity index (χ3v) is 3.77. The Hall–Kier alpha value is -2.37. The number of rotatable bonds is 3. The first-order valence-electron chi connectivity index (χ1n) is 7.31.